The summed E-state index contributed by atoms with van der Waals surface area (Å²) in [7, 11) is 0. The van der Waals surface area contributed by atoms with Crippen molar-refractivity contribution in [2.24, 2.45) is 0 Å². The third kappa shape index (κ3) is 2.61. The van der Waals surface area contributed by atoms with E-state index in [9.17, 15) is 4.79 Å². The zero-order valence-corrected chi connectivity index (χ0v) is 11.6. The predicted molar refractivity (Wildman–Crippen MR) is 75.5 cm³/mol. The van der Waals surface area contributed by atoms with E-state index < -0.39 is 0 Å². The number of nitrogens with zero attached hydrogens (tertiary/aromatic N) is 1. The highest BCUT2D eigenvalue weighted by atomic mass is 79.9. The highest BCUT2D eigenvalue weighted by Gasteiger charge is 2.13. The van der Waals surface area contributed by atoms with Gasteiger partial charge in [-0.25, -0.2) is 4.98 Å². The smallest absolute Gasteiger partial charge is 0.274 e. The Labute approximate surface area is 118 Å². The van der Waals surface area contributed by atoms with Gasteiger partial charge >= 0.3 is 0 Å². The summed E-state index contributed by atoms with van der Waals surface area (Å²) >= 11 is 3.29. The fourth-order valence-electron chi connectivity index (χ4n) is 1.97. The number of benzene rings is 1. The summed E-state index contributed by atoms with van der Waals surface area (Å²) < 4.78 is 6.27. The van der Waals surface area contributed by atoms with E-state index in [0.717, 1.165) is 27.9 Å². The van der Waals surface area contributed by atoms with E-state index in [1.807, 2.05) is 18.2 Å². The summed E-state index contributed by atoms with van der Waals surface area (Å²) in [6, 6.07) is 9.13. The number of carbonyl (C=O) groups is 1. The fourth-order valence-corrected chi connectivity index (χ4v) is 2.20. The SMILES string of the molecule is O=C(Nc1ccc2c(c1)CCO2)c1ccc(Br)cn1. The Morgan fingerprint density at radius 1 is 1.32 bits per heavy atom. The number of hydrogen-bond donors (Lipinski definition) is 1. The molecule has 0 radical (unpaired) electrons. The topological polar surface area (TPSA) is 51.2 Å². The summed E-state index contributed by atoms with van der Waals surface area (Å²) in [5, 5.41) is 2.84. The molecular weight excluding hydrogens is 308 g/mol. The first-order chi connectivity index (χ1) is 9.22. The van der Waals surface area contributed by atoms with Gasteiger partial charge < -0.3 is 10.1 Å². The van der Waals surface area contributed by atoms with Crippen LogP contribution in [-0.4, -0.2) is 17.5 Å². The van der Waals surface area contributed by atoms with Gasteiger partial charge in [0.25, 0.3) is 5.91 Å². The van der Waals surface area contributed by atoms with Crippen LogP contribution >= 0.6 is 15.9 Å². The largest absolute Gasteiger partial charge is 0.493 e. The van der Waals surface area contributed by atoms with Crippen molar-refractivity contribution in [3.63, 3.8) is 0 Å². The first kappa shape index (κ1) is 12.2. The Bertz CT molecular complexity index is 626. The van der Waals surface area contributed by atoms with Gasteiger partial charge in [0.1, 0.15) is 11.4 Å². The van der Waals surface area contributed by atoms with Gasteiger partial charge in [-0.3, -0.25) is 4.79 Å². The van der Waals surface area contributed by atoms with Gasteiger partial charge in [0.05, 0.1) is 6.61 Å². The first-order valence-corrected chi connectivity index (χ1v) is 6.70. The molecule has 0 bridgehead atoms. The molecule has 4 nitrogen and oxygen atoms in total. The van der Waals surface area contributed by atoms with Gasteiger partial charge in [0.15, 0.2) is 0 Å². The number of anilines is 1. The highest BCUT2D eigenvalue weighted by molar-refractivity contribution is 9.10. The van der Waals surface area contributed by atoms with Crippen molar-refractivity contribution in [3.8, 4) is 5.75 Å². The summed E-state index contributed by atoms with van der Waals surface area (Å²) in [6.45, 7) is 0.709. The number of amides is 1. The minimum Gasteiger partial charge on any atom is -0.493 e. The van der Waals surface area contributed by atoms with Crippen LogP contribution in [0.4, 0.5) is 5.69 Å². The van der Waals surface area contributed by atoms with Gasteiger partial charge in [0.2, 0.25) is 0 Å². The third-order valence-electron chi connectivity index (χ3n) is 2.91. The molecule has 1 amide bonds. The molecule has 19 heavy (non-hydrogen) atoms. The van der Waals surface area contributed by atoms with Crippen LogP contribution in [0.5, 0.6) is 5.75 Å². The first-order valence-electron chi connectivity index (χ1n) is 5.91. The van der Waals surface area contributed by atoms with Crippen molar-refractivity contribution in [2.75, 3.05) is 11.9 Å². The summed E-state index contributed by atoms with van der Waals surface area (Å²) in [5.41, 5.74) is 2.28. The molecule has 2 aromatic rings. The minimum atomic E-state index is -0.216. The van der Waals surface area contributed by atoms with E-state index in [1.54, 1.807) is 18.3 Å². The molecular formula is C14H11BrN2O2. The zero-order chi connectivity index (χ0) is 13.2. The number of halogens is 1. The maximum absolute atomic E-state index is 12.0. The second-order valence-electron chi connectivity index (χ2n) is 4.24. The molecule has 0 unspecified atom stereocenters. The lowest BCUT2D eigenvalue weighted by atomic mass is 10.1. The molecule has 3 rings (SSSR count). The van der Waals surface area contributed by atoms with Gasteiger partial charge in [0, 0.05) is 22.8 Å². The molecule has 1 N–H and O–H groups in total. The molecule has 0 fully saturated rings. The normalized spacial score (nSPS) is 12.7. The minimum absolute atomic E-state index is 0.216. The lowest BCUT2D eigenvalue weighted by Gasteiger charge is -2.06. The Kier molecular flexibility index (Phi) is 3.21. The van der Waals surface area contributed by atoms with Gasteiger partial charge in [-0.2, -0.15) is 0 Å². The Hall–Kier alpha value is -1.88. The molecule has 0 saturated heterocycles. The number of nitrogens with one attached hydrogen (secondary N) is 1. The maximum atomic E-state index is 12.0. The molecule has 0 aliphatic carbocycles. The average Bonchev–Trinajstić information content (AvgIpc) is 2.87. The zero-order valence-electron chi connectivity index (χ0n) is 10.0. The quantitative estimate of drug-likeness (QED) is 0.926. The van der Waals surface area contributed by atoms with Gasteiger partial charge in [-0.15, -0.1) is 0 Å². The predicted octanol–water partition coefficient (Wildman–Crippen LogP) is 3.03. The van der Waals surface area contributed by atoms with Crippen LogP contribution in [0, 0.1) is 0 Å². The van der Waals surface area contributed by atoms with Gasteiger partial charge in [-0.05, 0) is 51.8 Å². The lowest BCUT2D eigenvalue weighted by Crippen LogP contribution is -2.13. The van der Waals surface area contributed by atoms with Crippen molar-refractivity contribution in [3.05, 3.63) is 52.3 Å². The van der Waals surface area contributed by atoms with Crippen molar-refractivity contribution < 1.29 is 9.53 Å². The number of rotatable bonds is 2. The second-order valence-corrected chi connectivity index (χ2v) is 5.15. The van der Waals surface area contributed by atoms with Crippen molar-refractivity contribution in [1.29, 1.82) is 0 Å². The van der Waals surface area contributed by atoms with E-state index in [0.29, 0.717) is 12.3 Å². The van der Waals surface area contributed by atoms with E-state index in [-0.39, 0.29) is 5.91 Å². The molecule has 1 aromatic heterocycles. The molecule has 1 aliphatic heterocycles. The van der Waals surface area contributed by atoms with Crippen LogP contribution in [-0.2, 0) is 6.42 Å². The second kappa shape index (κ2) is 5.01. The molecule has 5 heteroatoms. The number of ether oxygens (including phenoxy) is 1. The lowest BCUT2D eigenvalue weighted by molar-refractivity contribution is 0.102. The van der Waals surface area contributed by atoms with Crippen LogP contribution in [0.3, 0.4) is 0 Å². The van der Waals surface area contributed by atoms with Crippen LogP contribution in [0.1, 0.15) is 16.1 Å². The number of pyridine rings is 1. The number of hydrogen-bond acceptors (Lipinski definition) is 3. The average molecular weight is 319 g/mol. The monoisotopic (exact) mass is 318 g/mol. The number of fused-ring (bicyclic) bond motifs is 1. The maximum Gasteiger partial charge on any atom is 0.274 e. The molecule has 1 aliphatic rings. The molecule has 1 aromatic carbocycles. The number of aromatic nitrogens is 1. The summed E-state index contributed by atoms with van der Waals surface area (Å²) in [6.07, 6.45) is 2.49. The Morgan fingerprint density at radius 3 is 3.00 bits per heavy atom. The number of carbonyl (C=O) groups excluding carboxylic acids is 1. The van der Waals surface area contributed by atoms with Gasteiger partial charge in [-0.1, -0.05) is 0 Å². The summed E-state index contributed by atoms with van der Waals surface area (Å²) in [5.74, 6) is 0.686. The molecule has 0 saturated carbocycles. The molecule has 0 atom stereocenters. The Balaban J connectivity index is 1.77. The molecule has 0 spiro atoms. The summed E-state index contributed by atoms with van der Waals surface area (Å²) in [4.78, 5) is 16.1. The Morgan fingerprint density at radius 2 is 2.21 bits per heavy atom. The van der Waals surface area contributed by atoms with Crippen LogP contribution in [0.2, 0.25) is 0 Å². The van der Waals surface area contributed by atoms with Crippen LogP contribution in [0.25, 0.3) is 0 Å². The van der Waals surface area contributed by atoms with Crippen LogP contribution < -0.4 is 10.1 Å². The van der Waals surface area contributed by atoms with E-state index >= 15 is 0 Å². The molecule has 96 valence electrons. The van der Waals surface area contributed by atoms with Crippen molar-refractivity contribution in [1.82, 2.24) is 4.98 Å². The van der Waals surface area contributed by atoms with E-state index in [1.165, 1.54) is 0 Å². The van der Waals surface area contributed by atoms with Crippen LogP contribution in [0.15, 0.2) is 41.0 Å². The van der Waals surface area contributed by atoms with Crippen molar-refractivity contribution in [2.45, 2.75) is 6.42 Å². The fraction of sp³-hybridized carbons (Fsp3) is 0.143. The van der Waals surface area contributed by atoms with E-state index in [4.69, 9.17) is 4.74 Å². The van der Waals surface area contributed by atoms with Crippen molar-refractivity contribution >= 4 is 27.5 Å². The standard InChI is InChI=1S/C14H11BrN2O2/c15-10-1-3-12(16-8-10)14(18)17-11-2-4-13-9(7-11)5-6-19-13/h1-4,7-8H,5-6H2,(H,17,18). The third-order valence-corrected chi connectivity index (χ3v) is 3.38. The highest BCUT2D eigenvalue weighted by Crippen LogP contribution is 2.27. The van der Waals surface area contributed by atoms with E-state index in [2.05, 4.69) is 26.2 Å². The molecule has 2 heterocycles.